The van der Waals surface area contributed by atoms with Crippen molar-refractivity contribution in [2.24, 2.45) is 5.92 Å². The fourth-order valence-corrected chi connectivity index (χ4v) is 3.07. The molecule has 1 nitrogen and oxygen atoms in total. The van der Waals surface area contributed by atoms with E-state index in [0.29, 0.717) is 17.6 Å². The van der Waals surface area contributed by atoms with Crippen LogP contribution in [0.1, 0.15) is 44.6 Å². The topological polar surface area (TPSA) is 12.0 Å². The first-order valence-electron chi connectivity index (χ1n) is 6.85. The third-order valence-corrected chi connectivity index (χ3v) is 4.10. The number of hydrogen-bond donors (Lipinski definition) is 1. The van der Waals surface area contributed by atoms with E-state index in [0.717, 1.165) is 11.5 Å². The van der Waals surface area contributed by atoms with Crippen molar-refractivity contribution in [2.75, 3.05) is 0 Å². The summed E-state index contributed by atoms with van der Waals surface area (Å²) in [4.78, 5) is 0. The van der Waals surface area contributed by atoms with E-state index in [1.54, 1.807) is 6.07 Å². The molecule has 3 heteroatoms. The van der Waals surface area contributed by atoms with Gasteiger partial charge in [-0.2, -0.15) is 0 Å². The second-order valence-electron chi connectivity index (χ2n) is 5.30. The van der Waals surface area contributed by atoms with Crippen molar-refractivity contribution in [2.45, 2.75) is 51.6 Å². The maximum absolute atomic E-state index is 13.2. The standard InChI is InChI=1S/C15H21ClFN/c1-2-11-4-3-5-15(8-11)18-10-12-6-13(16)9-14(17)7-12/h6-7,9,11,15,18H,2-5,8,10H2,1H3. The molecule has 18 heavy (non-hydrogen) atoms. The molecule has 0 amide bonds. The molecule has 1 aromatic rings. The molecule has 2 unspecified atom stereocenters. The maximum atomic E-state index is 13.2. The lowest BCUT2D eigenvalue weighted by atomic mass is 9.84. The molecule has 100 valence electrons. The largest absolute Gasteiger partial charge is 0.310 e. The van der Waals surface area contributed by atoms with Gasteiger partial charge in [-0.05, 0) is 42.5 Å². The van der Waals surface area contributed by atoms with Crippen LogP contribution in [0, 0.1) is 11.7 Å². The number of rotatable bonds is 4. The second kappa shape index (κ2) is 6.53. The summed E-state index contributed by atoms with van der Waals surface area (Å²) in [5.41, 5.74) is 0.929. The summed E-state index contributed by atoms with van der Waals surface area (Å²) in [6, 6.07) is 5.31. The average molecular weight is 270 g/mol. The van der Waals surface area contributed by atoms with E-state index in [2.05, 4.69) is 12.2 Å². The molecule has 0 aromatic heterocycles. The van der Waals surface area contributed by atoms with E-state index in [-0.39, 0.29) is 5.82 Å². The minimum atomic E-state index is -0.255. The molecule has 0 heterocycles. The second-order valence-corrected chi connectivity index (χ2v) is 5.73. The van der Waals surface area contributed by atoms with Crippen molar-refractivity contribution in [3.63, 3.8) is 0 Å². The SMILES string of the molecule is CCC1CCCC(NCc2cc(F)cc(Cl)c2)C1. The van der Waals surface area contributed by atoms with E-state index in [1.165, 1.54) is 38.2 Å². The molecule has 0 bridgehead atoms. The summed E-state index contributed by atoms with van der Waals surface area (Å²) in [6.45, 7) is 2.97. The third-order valence-electron chi connectivity index (χ3n) is 3.88. The number of nitrogens with one attached hydrogen (secondary N) is 1. The van der Waals surface area contributed by atoms with Crippen LogP contribution < -0.4 is 5.32 Å². The molecule has 1 fully saturated rings. The van der Waals surface area contributed by atoms with Gasteiger partial charge in [0.25, 0.3) is 0 Å². The van der Waals surface area contributed by atoms with Gasteiger partial charge in [-0.25, -0.2) is 4.39 Å². The number of hydrogen-bond acceptors (Lipinski definition) is 1. The highest BCUT2D eigenvalue weighted by atomic mass is 35.5. The molecule has 1 aliphatic rings. The Morgan fingerprint density at radius 1 is 1.33 bits per heavy atom. The van der Waals surface area contributed by atoms with Gasteiger partial charge in [0.15, 0.2) is 0 Å². The van der Waals surface area contributed by atoms with E-state index in [1.807, 2.05) is 6.07 Å². The van der Waals surface area contributed by atoms with Crippen LogP contribution in [0.5, 0.6) is 0 Å². The summed E-state index contributed by atoms with van der Waals surface area (Å²) in [5, 5.41) is 4.01. The Bertz CT molecular complexity index is 374. The zero-order valence-electron chi connectivity index (χ0n) is 10.9. The predicted molar refractivity (Wildman–Crippen MR) is 74.3 cm³/mol. The molecule has 1 N–H and O–H groups in total. The molecule has 0 radical (unpaired) electrons. The highest BCUT2D eigenvalue weighted by Crippen LogP contribution is 2.26. The molecular formula is C15H21ClFN. The number of benzene rings is 1. The van der Waals surface area contributed by atoms with Crippen LogP contribution in [0.3, 0.4) is 0 Å². The Hall–Kier alpha value is -0.600. The van der Waals surface area contributed by atoms with Gasteiger partial charge >= 0.3 is 0 Å². The summed E-state index contributed by atoms with van der Waals surface area (Å²) >= 11 is 5.85. The minimum Gasteiger partial charge on any atom is -0.310 e. The fraction of sp³-hybridized carbons (Fsp3) is 0.600. The van der Waals surface area contributed by atoms with Gasteiger partial charge in [-0.3, -0.25) is 0 Å². The molecule has 2 rings (SSSR count). The molecule has 1 aliphatic carbocycles. The molecule has 1 saturated carbocycles. The van der Waals surface area contributed by atoms with Crippen LogP contribution in [0.25, 0.3) is 0 Å². The van der Waals surface area contributed by atoms with Crippen LogP contribution in [-0.4, -0.2) is 6.04 Å². The van der Waals surface area contributed by atoms with Gasteiger partial charge < -0.3 is 5.32 Å². The zero-order valence-corrected chi connectivity index (χ0v) is 11.6. The first-order valence-corrected chi connectivity index (χ1v) is 7.23. The van der Waals surface area contributed by atoms with Gasteiger partial charge in [0.1, 0.15) is 5.82 Å². The van der Waals surface area contributed by atoms with E-state index >= 15 is 0 Å². The Morgan fingerprint density at radius 2 is 2.17 bits per heavy atom. The first-order chi connectivity index (χ1) is 8.67. The number of halogens is 2. The first kappa shape index (κ1) is 13.8. The molecule has 2 atom stereocenters. The normalized spacial score (nSPS) is 24.2. The highest BCUT2D eigenvalue weighted by Gasteiger charge is 2.20. The van der Waals surface area contributed by atoms with E-state index in [9.17, 15) is 4.39 Å². The minimum absolute atomic E-state index is 0.255. The molecule has 0 spiro atoms. The molecule has 0 saturated heterocycles. The summed E-state index contributed by atoms with van der Waals surface area (Å²) < 4.78 is 13.2. The van der Waals surface area contributed by atoms with Gasteiger partial charge in [0.2, 0.25) is 0 Å². The van der Waals surface area contributed by atoms with Crippen molar-refractivity contribution < 1.29 is 4.39 Å². The molecule has 0 aliphatic heterocycles. The van der Waals surface area contributed by atoms with Gasteiger partial charge in [0, 0.05) is 17.6 Å². The fourth-order valence-electron chi connectivity index (χ4n) is 2.82. The van der Waals surface area contributed by atoms with E-state index in [4.69, 9.17) is 11.6 Å². The lowest BCUT2D eigenvalue weighted by molar-refractivity contribution is 0.278. The Kier molecular flexibility index (Phi) is 5.02. The Morgan fingerprint density at radius 3 is 2.89 bits per heavy atom. The summed E-state index contributed by atoms with van der Waals surface area (Å²) in [7, 11) is 0. The van der Waals surface area contributed by atoms with Crippen molar-refractivity contribution in [1.29, 1.82) is 0 Å². The van der Waals surface area contributed by atoms with Gasteiger partial charge in [-0.15, -0.1) is 0 Å². The van der Waals surface area contributed by atoms with Crippen molar-refractivity contribution in [1.82, 2.24) is 5.32 Å². The smallest absolute Gasteiger partial charge is 0.125 e. The Balaban J connectivity index is 1.87. The van der Waals surface area contributed by atoms with Gasteiger partial charge in [-0.1, -0.05) is 37.8 Å². The average Bonchev–Trinajstić information content (AvgIpc) is 2.35. The summed E-state index contributed by atoms with van der Waals surface area (Å²) in [5.74, 6) is 0.599. The van der Waals surface area contributed by atoms with Crippen LogP contribution in [0.4, 0.5) is 4.39 Å². The predicted octanol–water partition coefficient (Wildman–Crippen LogP) is 4.54. The van der Waals surface area contributed by atoms with Crippen molar-refractivity contribution in [3.8, 4) is 0 Å². The van der Waals surface area contributed by atoms with Crippen LogP contribution in [0.2, 0.25) is 5.02 Å². The van der Waals surface area contributed by atoms with Gasteiger partial charge in [0.05, 0.1) is 0 Å². The monoisotopic (exact) mass is 269 g/mol. The lowest BCUT2D eigenvalue weighted by Crippen LogP contribution is -2.33. The highest BCUT2D eigenvalue weighted by molar-refractivity contribution is 6.30. The van der Waals surface area contributed by atoms with Crippen LogP contribution >= 0.6 is 11.6 Å². The maximum Gasteiger partial charge on any atom is 0.125 e. The third kappa shape index (κ3) is 3.96. The zero-order chi connectivity index (χ0) is 13.0. The van der Waals surface area contributed by atoms with Crippen molar-refractivity contribution >= 4 is 11.6 Å². The van der Waals surface area contributed by atoms with Crippen LogP contribution in [0.15, 0.2) is 18.2 Å². The van der Waals surface area contributed by atoms with Crippen molar-refractivity contribution in [3.05, 3.63) is 34.6 Å². The van der Waals surface area contributed by atoms with E-state index < -0.39 is 0 Å². The lowest BCUT2D eigenvalue weighted by Gasteiger charge is -2.29. The molecule has 1 aromatic carbocycles. The Labute approximate surface area is 114 Å². The van der Waals surface area contributed by atoms with Crippen LogP contribution in [-0.2, 0) is 6.54 Å². The quantitative estimate of drug-likeness (QED) is 0.846. The summed E-state index contributed by atoms with van der Waals surface area (Å²) in [6.07, 6.45) is 6.42. The molecular weight excluding hydrogens is 249 g/mol.